The van der Waals surface area contributed by atoms with Gasteiger partial charge in [-0.15, -0.1) is 0 Å². The first-order valence-corrected chi connectivity index (χ1v) is 8.53. The molecule has 0 nitrogen and oxygen atoms in total. The Balaban J connectivity index is 0.000000121. The lowest BCUT2D eigenvalue weighted by atomic mass is 10.1. The van der Waals surface area contributed by atoms with Gasteiger partial charge in [-0.25, -0.2) is 0 Å². The van der Waals surface area contributed by atoms with Crippen LogP contribution in [-0.4, -0.2) is 0 Å². The molecule has 0 aromatic heterocycles. The summed E-state index contributed by atoms with van der Waals surface area (Å²) in [6.45, 7) is 0. The minimum absolute atomic E-state index is 1.10. The highest BCUT2D eigenvalue weighted by molar-refractivity contribution is 9.10. The van der Waals surface area contributed by atoms with E-state index in [1.165, 1.54) is 40.4 Å². The summed E-state index contributed by atoms with van der Waals surface area (Å²) in [5.74, 6) is 0. The zero-order valence-electron chi connectivity index (χ0n) is 11.2. The standard InChI is InChI=1S/C9H9Br.C9H7Br/c2*10-9-5-4-7-2-1-3-8(7)6-9/h4-6H,1-3H2;1,3-6H,2H2. The molecule has 0 atom stereocenters. The number of rotatable bonds is 0. The Bertz CT molecular complexity index is 650. The molecule has 20 heavy (non-hydrogen) atoms. The van der Waals surface area contributed by atoms with Gasteiger partial charge in [-0.1, -0.05) is 56.1 Å². The highest BCUT2D eigenvalue weighted by Crippen LogP contribution is 2.25. The molecule has 2 heteroatoms. The SMILES string of the molecule is Brc1ccc2c(c1)C=CC2.Brc1ccc2c(c1)CCC2. The predicted molar refractivity (Wildman–Crippen MR) is 93.0 cm³/mol. The van der Waals surface area contributed by atoms with Gasteiger partial charge in [0.05, 0.1) is 0 Å². The lowest BCUT2D eigenvalue weighted by Crippen LogP contribution is -1.79. The van der Waals surface area contributed by atoms with Crippen molar-refractivity contribution in [2.24, 2.45) is 0 Å². The molecule has 0 N–H and O–H groups in total. The minimum atomic E-state index is 1.10. The van der Waals surface area contributed by atoms with E-state index in [9.17, 15) is 0 Å². The van der Waals surface area contributed by atoms with Gasteiger partial charge in [0, 0.05) is 8.95 Å². The Morgan fingerprint density at radius 2 is 1.45 bits per heavy atom. The molecule has 2 aromatic rings. The summed E-state index contributed by atoms with van der Waals surface area (Å²) in [6.07, 6.45) is 9.35. The van der Waals surface area contributed by atoms with Crippen LogP contribution < -0.4 is 0 Å². The lowest BCUT2D eigenvalue weighted by Gasteiger charge is -1.97. The second kappa shape index (κ2) is 6.28. The van der Waals surface area contributed by atoms with E-state index in [0.29, 0.717) is 0 Å². The second-order valence-electron chi connectivity index (χ2n) is 5.22. The number of aryl methyl sites for hydroxylation is 2. The molecule has 0 radical (unpaired) electrons. The fraction of sp³-hybridized carbons (Fsp3) is 0.222. The molecular weight excluding hydrogens is 376 g/mol. The number of halogens is 2. The second-order valence-corrected chi connectivity index (χ2v) is 7.05. The van der Waals surface area contributed by atoms with E-state index < -0.39 is 0 Å². The monoisotopic (exact) mass is 390 g/mol. The zero-order valence-corrected chi connectivity index (χ0v) is 14.4. The number of benzene rings is 2. The fourth-order valence-corrected chi connectivity index (χ4v) is 3.55. The topological polar surface area (TPSA) is 0 Å². The summed E-state index contributed by atoms with van der Waals surface area (Å²) in [4.78, 5) is 0. The third kappa shape index (κ3) is 3.24. The molecule has 0 saturated carbocycles. The molecule has 102 valence electrons. The molecule has 0 saturated heterocycles. The van der Waals surface area contributed by atoms with Crippen LogP contribution in [0.2, 0.25) is 0 Å². The van der Waals surface area contributed by atoms with Crippen molar-refractivity contribution in [3.8, 4) is 0 Å². The van der Waals surface area contributed by atoms with Crippen LogP contribution in [-0.2, 0) is 19.3 Å². The van der Waals surface area contributed by atoms with Crippen molar-refractivity contribution in [1.82, 2.24) is 0 Å². The highest BCUT2D eigenvalue weighted by Gasteiger charge is 2.09. The van der Waals surface area contributed by atoms with E-state index in [2.05, 4.69) is 80.4 Å². The van der Waals surface area contributed by atoms with Crippen molar-refractivity contribution in [2.45, 2.75) is 25.7 Å². The smallest absolute Gasteiger partial charge is 0.0181 e. The zero-order chi connectivity index (χ0) is 13.9. The van der Waals surface area contributed by atoms with Crippen LogP contribution >= 0.6 is 31.9 Å². The molecule has 4 rings (SSSR count). The average molecular weight is 392 g/mol. The van der Waals surface area contributed by atoms with E-state index in [1.807, 2.05) is 0 Å². The predicted octanol–water partition coefficient (Wildman–Crippen LogP) is 5.96. The first-order valence-electron chi connectivity index (χ1n) is 6.94. The van der Waals surface area contributed by atoms with Gasteiger partial charge in [0.1, 0.15) is 0 Å². The van der Waals surface area contributed by atoms with Gasteiger partial charge in [0.25, 0.3) is 0 Å². The molecule has 0 unspecified atom stereocenters. The first kappa shape index (κ1) is 14.1. The summed E-state index contributed by atoms with van der Waals surface area (Å²) < 4.78 is 2.38. The molecule has 0 fully saturated rings. The highest BCUT2D eigenvalue weighted by atomic mass is 79.9. The van der Waals surface area contributed by atoms with Crippen LogP contribution in [0.15, 0.2) is 51.4 Å². The third-order valence-corrected chi connectivity index (χ3v) is 4.79. The van der Waals surface area contributed by atoms with Gasteiger partial charge >= 0.3 is 0 Å². The van der Waals surface area contributed by atoms with Crippen molar-refractivity contribution in [3.63, 3.8) is 0 Å². The largest absolute Gasteiger partial charge is 0.0795 e. The quantitative estimate of drug-likeness (QED) is 0.519. The van der Waals surface area contributed by atoms with Crippen LogP contribution in [0.4, 0.5) is 0 Å². The van der Waals surface area contributed by atoms with Gasteiger partial charge in [-0.05, 0) is 72.2 Å². The lowest BCUT2D eigenvalue weighted by molar-refractivity contribution is 0.911. The van der Waals surface area contributed by atoms with Crippen LogP contribution in [0.1, 0.15) is 28.7 Å². The minimum Gasteiger partial charge on any atom is -0.0795 e. The molecule has 2 aliphatic rings. The summed E-state index contributed by atoms with van der Waals surface area (Å²) in [5.41, 5.74) is 5.87. The van der Waals surface area contributed by atoms with Crippen LogP contribution in [0.25, 0.3) is 6.08 Å². The maximum atomic E-state index is 3.46. The van der Waals surface area contributed by atoms with Crippen LogP contribution in [0.5, 0.6) is 0 Å². The van der Waals surface area contributed by atoms with Gasteiger partial charge in [0.15, 0.2) is 0 Å². The number of allylic oxidation sites excluding steroid dienone is 1. The van der Waals surface area contributed by atoms with Crippen LogP contribution in [0, 0.1) is 0 Å². The number of fused-ring (bicyclic) bond motifs is 2. The Morgan fingerprint density at radius 3 is 2.30 bits per heavy atom. The Labute approximate surface area is 137 Å². The van der Waals surface area contributed by atoms with Gasteiger partial charge in [-0.2, -0.15) is 0 Å². The maximum absolute atomic E-state index is 3.46. The molecule has 2 aliphatic carbocycles. The molecule has 2 aromatic carbocycles. The number of hydrogen-bond donors (Lipinski definition) is 0. The average Bonchev–Trinajstić information content (AvgIpc) is 3.06. The third-order valence-electron chi connectivity index (χ3n) is 3.80. The molecule has 0 heterocycles. The summed E-state index contributed by atoms with van der Waals surface area (Å²) in [6, 6.07) is 13.0. The van der Waals surface area contributed by atoms with Crippen molar-refractivity contribution < 1.29 is 0 Å². The Morgan fingerprint density at radius 1 is 0.750 bits per heavy atom. The fourth-order valence-electron chi connectivity index (χ4n) is 2.76. The normalized spacial score (nSPS) is 14.5. The maximum Gasteiger partial charge on any atom is 0.0181 e. The van der Waals surface area contributed by atoms with Gasteiger partial charge in [0.2, 0.25) is 0 Å². The van der Waals surface area contributed by atoms with Crippen molar-refractivity contribution in [3.05, 3.63) is 73.7 Å². The van der Waals surface area contributed by atoms with E-state index in [0.717, 1.165) is 10.9 Å². The van der Waals surface area contributed by atoms with E-state index in [-0.39, 0.29) is 0 Å². The summed E-state index contributed by atoms with van der Waals surface area (Å²) in [7, 11) is 0. The van der Waals surface area contributed by atoms with Crippen molar-refractivity contribution >= 4 is 37.9 Å². The Kier molecular flexibility index (Phi) is 4.42. The molecule has 0 aliphatic heterocycles. The molecule has 0 amide bonds. The molecule has 0 bridgehead atoms. The number of hydrogen-bond acceptors (Lipinski definition) is 0. The van der Waals surface area contributed by atoms with Gasteiger partial charge in [-0.3, -0.25) is 0 Å². The van der Waals surface area contributed by atoms with Crippen LogP contribution in [0.3, 0.4) is 0 Å². The van der Waals surface area contributed by atoms with Crippen molar-refractivity contribution in [1.29, 1.82) is 0 Å². The van der Waals surface area contributed by atoms with Crippen molar-refractivity contribution in [2.75, 3.05) is 0 Å². The van der Waals surface area contributed by atoms with Gasteiger partial charge < -0.3 is 0 Å². The van der Waals surface area contributed by atoms with E-state index >= 15 is 0 Å². The summed E-state index contributed by atoms with van der Waals surface area (Å²) in [5, 5.41) is 0. The Hall–Kier alpha value is -0.860. The molecular formula is C18H16Br2. The van der Waals surface area contributed by atoms with E-state index in [1.54, 1.807) is 5.56 Å². The van der Waals surface area contributed by atoms with E-state index in [4.69, 9.17) is 0 Å². The molecule has 0 spiro atoms. The summed E-state index contributed by atoms with van der Waals surface area (Å²) >= 11 is 6.90. The first-order chi connectivity index (χ1) is 9.72.